The van der Waals surface area contributed by atoms with Gasteiger partial charge in [-0.3, -0.25) is 4.79 Å². The second-order valence-electron chi connectivity index (χ2n) is 6.98. The number of hydrogen-bond acceptors (Lipinski definition) is 4. The van der Waals surface area contributed by atoms with Gasteiger partial charge in [0.15, 0.2) is 11.5 Å². The van der Waals surface area contributed by atoms with Gasteiger partial charge >= 0.3 is 12.8 Å². The van der Waals surface area contributed by atoms with E-state index in [4.69, 9.17) is 4.74 Å². The lowest BCUT2D eigenvalue weighted by Gasteiger charge is -2.35. The molecule has 0 radical (unpaired) electrons. The Morgan fingerprint density at radius 2 is 1.75 bits per heavy atom. The van der Waals surface area contributed by atoms with Crippen molar-refractivity contribution < 1.29 is 36.2 Å². The van der Waals surface area contributed by atoms with Crippen LogP contribution in [-0.2, 0) is 11.0 Å². The maximum absolute atomic E-state index is 12.9. The zero-order chi connectivity index (χ0) is 23.3. The SMILES string of the molecule is COc1cc(/C=C/C(=O)N2CCN(c3cccc(C(F)(F)F)c3)CC2)ccc1OC(F)F. The molecule has 1 aliphatic rings. The van der Waals surface area contributed by atoms with Gasteiger partial charge in [-0.25, -0.2) is 0 Å². The van der Waals surface area contributed by atoms with Gasteiger partial charge in [-0.2, -0.15) is 22.0 Å². The largest absolute Gasteiger partial charge is 0.493 e. The Labute approximate surface area is 181 Å². The monoisotopic (exact) mass is 456 g/mol. The molecule has 3 rings (SSSR count). The number of benzene rings is 2. The second-order valence-corrected chi connectivity index (χ2v) is 6.98. The number of carbonyl (C=O) groups is 1. The molecule has 2 aromatic rings. The average Bonchev–Trinajstić information content (AvgIpc) is 2.77. The van der Waals surface area contributed by atoms with Crippen molar-refractivity contribution in [3.63, 3.8) is 0 Å². The minimum atomic E-state index is -4.41. The Balaban J connectivity index is 1.59. The van der Waals surface area contributed by atoms with Gasteiger partial charge in [0, 0.05) is 37.9 Å². The topological polar surface area (TPSA) is 42.0 Å². The van der Waals surface area contributed by atoms with Crippen LogP contribution in [0.15, 0.2) is 48.5 Å². The second kappa shape index (κ2) is 9.88. The zero-order valence-corrected chi connectivity index (χ0v) is 17.1. The summed E-state index contributed by atoms with van der Waals surface area (Å²) in [7, 11) is 1.32. The minimum absolute atomic E-state index is 0.106. The van der Waals surface area contributed by atoms with Crippen LogP contribution in [0.1, 0.15) is 11.1 Å². The number of alkyl halides is 5. The molecule has 1 amide bonds. The third-order valence-corrected chi connectivity index (χ3v) is 4.95. The number of halogens is 5. The molecule has 0 unspecified atom stereocenters. The number of methoxy groups -OCH3 is 1. The van der Waals surface area contributed by atoms with E-state index in [0.717, 1.165) is 12.1 Å². The first kappa shape index (κ1) is 23.4. The molecule has 1 heterocycles. The molecule has 0 aromatic heterocycles. The first-order valence-corrected chi connectivity index (χ1v) is 9.69. The lowest BCUT2D eigenvalue weighted by Crippen LogP contribution is -2.48. The normalized spacial score (nSPS) is 14.8. The minimum Gasteiger partial charge on any atom is -0.493 e. The molecule has 0 spiro atoms. The third-order valence-electron chi connectivity index (χ3n) is 4.95. The van der Waals surface area contributed by atoms with Crippen molar-refractivity contribution in [1.29, 1.82) is 0 Å². The fourth-order valence-corrected chi connectivity index (χ4v) is 3.32. The van der Waals surface area contributed by atoms with E-state index in [1.165, 1.54) is 43.5 Å². The molecule has 1 saturated heterocycles. The molecule has 0 atom stereocenters. The van der Waals surface area contributed by atoms with Crippen LogP contribution < -0.4 is 14.4 Å². The van der Waals surface area contributed by atoms with Crippen LogP contribution in [0.3, 0.4) is 0 Å². The predicted molar refractivity (Wildman–Crippen MR) is 109 cm³/mol. The summed E-state index contributed by atoms with van der Waals surface area (Å²) < 4.78 is 73.0. The van der Waals surface area contributed by atoms with Gasteiger partial charge in [0.1, 0.15) is 0 Å². The fourth-order valence-electron chi connectivity index (χ4n) is 3.32. The van der Waals surface area contributed by atoms with E-state index in [1.54, 1.807) is 15.9 Å². The summed E-state index contributed by atoms with van der Waals surface area (Å²) in [5.74, 6) is -0.271. The van der Waals surface area contributed by atoms with Crippen LogP contribution in [0.4, 0.5) is 27.6 Å². The number of hydrogen-bond donors (Lipinski definition) is 0. The van der Waals surface area contributed by atoms with E-state index in [-0.39, 0.29) is 17.4 Å². The lowest BCUT2D eigenvalue weighted by molar-refractivity contribution is -0.137. The molecular weight excluding hydrogens is 435 g/mol. The van der Waals surface area contributed by atoms with Gasteiger partial charge in [0.2, 0.25) is 5.91 Å². The van der Waals surface area contributed by atoms with E-state index >= 15 is 0 Å². The Bertz CT molecular complexity index is 970. The highest BCUT2D eigenvalue weighted by Crippen LogP contribution is 2.32. The molecule has 0 N–H and O–H groups in total. The quantitative estimate of drug-likeness (QED) is 0.468. The van der Waals surface area contributed by atoms with Crippen molar-refractivity contribution in [3.8, 4) is 11.5 Å². The summed E-state index contributed by atoms with van der Waals surface area (Å²) in [6.07, 6.45) is -1.54. The Morgan fingerprint density at radius 1 is 1.03 bits per heavy atom. The van der Waals surface area contributed by atoms with Gasteiger partial charge in [0.25, 0.3) is 0 Å². The summed E-state index contributed by atoms with van der Waals surface area (Å²) in [5, 5.41) is 0. The molecular formula is C22H21F5N2O3. The van der Waals surface area contributed by atoms with E-state index in [0.29, 0.717) is 37.4 Å². The van der Waals surface area contributed by atoms with Gasteiger partial charge in [-0.1, -0.05) is 12.1 Å². The Morgan fingerprint density at radius 3 is 2.38 bits per heavy atom. The number of rotatable bonds is 6. The van der Waals surface area contributed by atoms with E-state index in [1.807, 2.05) is 0 Å². The maximum atomic E-state index is 12.9. The average molecular weight is 456 g/mol. The fraction of sp³-hybridized carbons (Fsp3) is 0.318. The molecule has 0 aliphatic carbocycles. The number of piperazine rings is 1. The zero-order valence-electron chi connectivity index (χ0n) is 17.1. The highest BCUT2D eigenvalue weighted by molar-refractivity contribution is 5.92. The van der Waals surface area contributed by atoms with Crippen LogP contribution in [0.5, 0.6) is 11.5 Å². The number of ether oxygens (including phenoxy) is 2. The third kappa shape index (κ3) is 5.89. The maximum Gasteiger partial charge on any atom is 0.416 e. The molecule has 0 bridgehead atoms. The van der Waals surface area contributed by atoms with E-state index in [2.05, 4.69) is 4.74 Å². The molecule has 1 aliphatic heterocycles. The molecule has 2 aromatic carbocycles. The van der Waals surface area contributed by atoms with Crippen LogP contribution in [0, 0.1) is 0 Å². The Kier molecular flexibility index (Phi) is 7.22. The van der Waals surface area contributed by atoms with Gasteiger partial charge in [0.05, 0.1) is 12.7 Å². The summed E-state index contributed by atoms with van der Waals surface area (Å²) in [6, 6.07) is 9.40. The highest BCUT2D eigenvalue weighted by Gasteiger charge is 2.31. The summed E-state index contributed by atoms with van der Waals surface area (Å²) in [6.45, 7) is -1.49. The number of carbonyl (C=O) groups excluding carboxylic acids is 1. The van der Waals surface area contributed by atoms with Crippen molar-refractivity contribution in [2.24, 2.45) is 0 Å². The van der Waals surface area contributed by atoms with Crippen molar-refractivity contribution in [2.75, 3.05) is 38.2 Å². The van der Waals surface area contributed by atoms with E-state index in [9.17, 15) is 26.7 Å². The molecule has 172 valence electrons. The van der Waals surface area contributed by atoms with Gasteiger partial charge < -0.3 is 19.3 Å². The van der Waals surface area contributed by atoms with Crippen LogP contribution in [0.2, 0.25) is 0 Å². The predicted octanol–water partition coefficient (Wildman–Crippen LogP) is 4.68. The summed E-state index contributed by atoms with van der Waals surface area (Å²) in [5.41, 5.74) is 0.303. The first-order valence-electron chi connectivity index (χ1n) is 9.69. The number of amides is 1. The summed E-state index contributed by atoms with van der Waals surface area (Å²) >= 11 is 0. The summed E-state index contributed by atoms with van der Waals surface area (Å²) in [4.78, 5) is 15.9. The molecule has 10 heteroatoms. The number of nitrogens with zero attached hydrogens (tertiary/aromatic N) is 2. The molecule has 32 heavy (non-hydrogen) atoms. The van der Waals surface area contributed by atoms with Gasteiger partial charge in [-0.15, -0.1) is 0 Å². The van der Waals surface area contributed by atoms with Crippen LogP contribution >= 0.6 is 0 Å². The van der Waals surface area contributed by atoms with Crippen molar-refractivity contribution >= 4 is 17.7 Å². The molecule has 0 saturated carbocycles. The van der Waals surface area contributed by atoms with Crippen molar-refractivity contribution in [3.05, 3.63) is 59.7 Å². The van der Waals surface area contributed by atoms with Crippen LogP contribution in [-0.4, -0.2) is 50.7 Å². The Hall–Kier alpha value is -3.30. The standard InChI is InChI=1S/C22H21F5N2O3/c1-31-19-13-15(5-7-18(19)32-21(23)24)6-8-20(30)29-11-9-28(10-12-29)17-4-2-3-16(14-17)22(25,26)27/h2-8,13-14,21H,9-12H2,1H3/b8-6+. The van der Waals surface area contributed by atoms with Crippen molar-refractivity contribution in [1.82, 2.24) is 4.90 Å². The van der Waals surface area contributed by atoms with Crippen LogP contribution in [0.25, 0.3) is 6.08 Å². The van der Waals surface area contributed by atoms with Gasteiger partial charge in [-0.05, 0) is 42.0 Å². The van der Waals surface area contributed by atoms with Crippen molar-refractivity contribution in [2.45, 2.75) is 12.8 Å². The number of anilines is 1. The first-order chi connectivity index (χ1) is 15.2. The smallest absolute Gasteiger partial charge is 0.416 e. The van der Waals surface area contributed by atoms with E-state index < -0.39 is 18.4 Å². The molecule has 5 nitrogen and oxygen atoms in total. The highest BCUT2D eigenvalue weighted by atomic mass is 19.4. The lowest BCUT2D eigenvalue weighted by atomic mass is 10.1. The molecule has 1 fully saturated rings.